The van der Waals surface area contributed by atoms with E-state index in [2.05, 4.69) is 148 Å². The fraction of sp³-hybridized carbons (Fsp3) is 0.526. The second-order valence-corrected chi connectivity index (χ2v) is 16.4. The van der Waals surface area contributed by atoms with Crippen LogP contribution in [0.5, 0.6) is 0 Å². The fourth-order valence-electron chi connectivity index (χ4n) is 6.52. The Bertz CT molecular complexity index is 1510. The molecule has 2 unspecified atom stereocenters. The second kappa shape index (κ2) is 11.1. The lowest BCUT2D eigenvalue weighted by Gasteiger charge is -2.32. The molecule has 2 atom stereocenters. The largest absolute Gasteiger partial charge is 0.494 e. The van der Waals surface area contributed by atoms with Gasteiger partial charge in [0.15, 0.2) is 0 Å². The van der Waals surface area contributed by atoms with Crippen LogP contribution in [0.4, 0.5) is 0 Å². The van der Waals surface area contributed by atoms with Crippen LogP contribution < -0.4 is 16.2 Å². The van der Waals surface area contributed by atoms with Crippen molar-refractivity contribution in [3.05, 3.63) is 83.4 Å². The predicted molar refractivity (Wildman–Crippen MR) is 186 cm³/mol. The Hall–Kier alpha value is -2.41. The van der Waals surface area contributed by atoms with Crippen molar-refractivity contribution in [2.75, 3.05) is 0 Å². The maximum absolute atomic E-state index is 6.46. The zero-order chi connectivity index (χ0) is 32.6. The van der Waals surface area contributed by atoms with Gasteiger partial charge in [0.05, 0.1) is 22.4 Å². The summed E-state index contributed by atoms with van der Waals surface area (Å²) in [6.07, 6.45) is 2.13. The van der Waals surface area contributed by atoms with Crippen molar-refractivity contribution in [3.8, 4) is 11.1 Å². The van der Waals surface area contributed by atoms with E-state index < -0.39 is 7.12 Å². The summed E-state index contributed by atoms with van der Waals surface area (Å²) in [6.45, 7) is 23.6. The average Bonchev–Trinajstić information content (AvgIpc) is 3.59. The summed E-state index contributed by atoms with van der Waals surface area (Å²) in [5.41, 5.74) is 7.14. The van der Waals surface area contributed by atoms with Gasteiger partial charge in [0, 0.05) is 12.1 Å². The third kappa shape index (κ3) is 6.07. The molecule has 0 spiro atoms. The predicted octanol–water partition coefficient (Wildman–Crippen LogP) is 7.42. The average molecular weight is 607 g/mol. The quantitative estimate of drug-likeness (QED) is 0.306. The Morgan fingerprint density at radius 2 is 1.07 bits per heavy atom. The monoisotopic (exact) mass is 607 g/mol. The van der Waals surface area contributed by atoms with Crippen molar-refractivity contribution in [3.63, 3.8) is 0 Å². The molecule has 0 aromatic heterocycles. The normalized spacial score (nSPS) is 25.2. The van der Waals surface area contributed by atoms with Crippen LogP contribution in [-0.4, -0.2) is 36.6 Å². The van der Waals surface area contributed by atoms with Gasteiger partial charge in [-0.1, -0.05) is 87.5 Å². The summed E-state index contributed by atoms with van der Waals surface area (Å²) in [4.78, 5) is 0. The van der Waals surface area contributed by atoms with Crippen LogP contribution in [0.25, 0.3) is 11.1 Å². The van der Waals surface area contributed by atoms with Crippen LogP contribution in [0.15, 0.2) is 66.7 Å². The van der Waals surface area contributed by atoms with Crippen LogP contribution in [0.1, 0.15) is 118 Å². The van der Waals surface area contributed by atoms with Gasteiger partial charge in [-0.05, 0) is 112 Å². The van der Waals surface area contributed by atoms with E-state index in [1.807, 2.05) is 0 Å². The Morgan fingerprint density at radius 1 is 0.600 bits per heavy atom. The molecule has 0 bridgehead atoms. The lowest BCUT2D eigenvalue weighted by Crippen LogP contribution is -2.41. The molecule has 238 valence electrons. The molecule has 3 aliphatic heterocycles. The summed E-state index contributed by atoms with van der Waals surface area (Å²) in [7, 11) is -0.744. The van der Waals surface area contributed by atoms with Crippen molar-refractivity contribution in [1.82, 2.24) is 5.32 Å². The molecule has 6 rings (SSSR count). The number of nitrogens with one attached hydrogen (secondary N) is 1. The van der Waals surface area contributed by atoms with E-state index in [1.165, 1.54) is 27.8 Å². The second-order valence-electron chi connectivity index (χ2n) is 16.4. The van der Waals surface area contributed by atoms with Gasteiger partial charge in [-0.2, -0.15) is 0 Å². The molecule has 0 saturated carbocycles. The number of hydrogen-bond donors (Lipinski definition) is 1. The highest BCUT2D eigenvalue weighted by Crippen LogP contribution is 2.41. The first-order chi connectivity index (χ1) is 20.9. The summed E-state index contributed by atoms with van der Waals surface area (Å²) in [5.74, 6) is 0. The van der Waals surface area contributed by atoms with Crippen molar-refractivity contribution < 1.29 is 18.6 Å². The fourth-order valence-corrected chi connectivity index (χ4v) is 6.52. The third-order valence-corrected chi connectivity index (χ3v) is 11.1. The molecule has 3 aromatic carbocycles. The lowest BCUT2D eigenvalue weighted by molar-refractivity contribution is 0.00578. The maximum atomic E-state index is 6.46. The molecular weight excluding hydrogens is 556 g/mol. The van der Waals surface area contributed by atoms with Crippen molar-refractivity contribution >= 4 is 25.2 Å². The minimum absolute atomic E-state index is 0.101. The third-order valence-electron chi connectivity index (χ3n) is 11.1. The van der Waals surface area contributed by atoms with Gasteiger partial charge < -0.3 is 23.9 Å². The summed E-state index contributed by atoms with van der Waals surface area (Å²) >= 11 is 0. The minimum atomic E-state index is -0.400. The van der Waals surface area contributed by atoms with Crippen LogP contribution >= 0.6 is 0 Å². The first-order valence-corrected chi connectivity index (χ1v) is 16.7. The number of rotatable bonds is 5. The van der Waals surface area contributed by atoms with Gasteiger partial charge in [0.2, 0.25) is 0 Å². The molecule has 1 N–H and O–H groups in total. The number of hydrogen-bond acceptors (Lipinski definition) is 5. The van der Waals surface area contributed by atoms with Gasteiger partial charge in [-0.15, -0.1) is 0 Å². The summed E-state index contributed by atoms with van der Waals surface area (Å²) in [6, 6.07) is 25.2. The molecule has 3 aromatic rings. The zero-order valence-electron chi connectivity index (χ0n) is 29.2. The Kier molecular flexibility index (Phi) is 8.02. The van der Waals surface area contributed by atoms with Crippen LogP contribution in [0.2, 0.25) is 0 Å². The van der Waals surface area contributed by atoms with E-state index >= 15 is 0 Å². The SMILES string of the molecule is CC(C)(C)c1ccc(-c2cc(B3OC(C)(C)C(C)(C)O3)ccc2C2CCC(c3ccc(B4OC(C)(C)C(C)(C)O4)cc3)N2)cc1. The van der Waals surface area contributed by atoms with Gasteiger partial charge in [0.1, 0.15) is 0 Å². The van der Waals surface area contributed by atoms with E-state index in [0.29, 0.717) is 0 Å². The Morgan fingerprint density at radius 3 is 1.58 bits per heavy atom. The summed E-state index contributed by atoms with van der Waals surface area (Å²) < 4.78 is 25.5. The molecular formula is C38H51B2NO4. The minimum Gasteiger partial charge on any atom is -0.399 e. The Balaban J connectivity index is 1.26. The first-order valence-electron chi connectivity index (χ1n) is 16.7. The summed E-state index contributed by atoms with van der Waals surface area (Å²) in [5, 5.41) is 3.97. The molecule has 3 aliphatic rings. The maximum Gasteiger partial charge on any atom is 0.494 e. The van der Waals surface area contributed by atoms with E-state index in [0.717, 1.165) is 23.8 Å². The highest BCUT2D eigenvalue weighted by molar-refractivity contribution is 6.62. The van der Waals surface area contributed by atoms with Gasteiger partial charge in [-0.25, -0.2) is 0 Å². The van der Waals surface area contributed by atoms with Crippen molar-refractivity contribution in [2.45, 2.75) is 129 Å². The smallest absolute Gasteiger partial charge is 0.399 e. The molecule has 0 amide bonds. The van der Waals surface area contributed by atoms with Gasteiger partial charge in [-0.3, -0.25) is 0 Å². The highest BCUT2D eigenvalue weighted by atomic mass is 16.7. The van der Waals surface area contributed by atoms with Crippen LogP contribution in [0.3, 0.4) is 0 Å². The van der Waals surface area contributed by atoms with Gasteiger partial charge in [0.25, 0.3) is 0 Å². The topological polar surface area (TPSA) is 49.0 Å². The lowest BCUT2D eigenvalue weighted by atomic mass is 9.76. The van der Waals surface area contributed by atoms with Crippen LogP contribution in [0, 0.1) is 0 Å². The molecule has 3 heterocycles. The van der Waals surface area contributed by atoms with E-state index in [9.17, 15) is 0 Å². The zero-order valence-corrected chi connectivity index (χ0v) is 29.2. The first kappa shape index (κ1) is 32.5. The van der Waals surface area contributed by atoms with Gasteiger partial charge >= 0.3 is 14.2 Å². The molecule has 0 radical (unpaired) electrons. The van der Waals surface area contributed by atoms with Crippen LogP contribution in [-0.2, 0) is 24.0 Å². The number of benzene rings is 3. The van der Waals surface area contributed by atoms with E-state index in [-0.39, 0.29) is 47.0 Å². The van der Waals surface area contributed by atoms with E-state index in [1.54, 1.807) is 0 Å². The molecule has 3 saturated heterocycles. The Labute approximate surface area is 272 Å². The highest BCUT2D eigenvalue weighted by Gasteiger charge is 2.53. The molecule has 0 aliphatic carbocycles. The molecule has 3 fully saturated rings. The van der Waals surface area contributed by atoms with Crippen molar-refractivity contribution in [1.29, 1.82) is 0 Å². The molecule has 45 heavy (non-hydrogen) atoms. The molecule has 5 nitrogen and oxygen atoms in total. The van der Waals surface area contributed by atoms with E-state index in [4.69, 9.17) is 18.6 Å². The standard InChI is InChI=1S/C38H51B2NO4/c1-34(2,3)27-16-12-25(13-17-27)31-24-29(40-44-37(8,9)38(10,11)45-40)20-21-30(31)33-23-22-32(41-33)26-14-18-28(19-15-26)39-42-35(4,5)36(6,7)43-39/h12-21,24,32-33,41H,22-23H2,1-11H3. The molecule has 7 heteroatoms. The van der Waals surface area contributed by atoms with Crippen molar-refractivity contribution in [2.24, 2.45) is 0 Å².